The number of hydrogen-bond donors (Lipinski definition) is 0. The second-order valence-corrected chi connectivity index (χ2v) is 3.56. The molecule has 0 aliphatic heterocycles. The Morgan fingerprint density at radius 1 is 1.62 bits per heavy atom. The summed E-state index contributed by atoms with van der Waals surface area (Å²) >= 11 is 0. The van der Waals surface area contributed by atoms with Crippen molar-refractivity contribution in [3.05, 3.63) is 28.9 Å². The third-order valence-electron chi connectivity index (χ3n) is 2.57. The first-order valence-electron chi connectivity index (χ1n) is 5.14. The average molecular weight is 220 g/mol. The minimum atomic E-state index is -0.539. The van der Waals surface area contributed by atoms with E-state index in [2.05, 4.69) is 4.98 Å². The van der Waals surface area contributed by atoms with Crippen molar-refractivity contribution in [1.82, 2.24) is 9.55 Å². The van der Waals surface area contributed by atoms with E-state index in [4.69, 9.17) is 4.42 Å². The molecule has 16 heavy (non-hydrogen) atoms. The summed E-state index contributed by atoms with van der Waals surface area (Å²) in [7, 11) is 0. The van der Waals surface area contributed by atoms with Gasteiger partial charge in [-0.3, -0.25) is 4.79 Å². The molecule has 0 aliphatic carbocycles. The van der Waals surface area contributed by atoms with Crippen molar-refractivity contribution in [2.45, 2.75) is 26.3 Å². The number of carbonyl (C=O) groups is 1. The first-order chi connectivity index (χ1) is 7.65. The van der Waals surface area contributed by atoms with Gasteiger partial charge in [0.15, 0.2) is 17.0 Å². The summed E-state index contributed by atoms with van der Waals surface area (Å²) < 4.78 is 6.30. The lowest BCUT2D eigenvalue weighted by Gasteiger charge is -2.08. The molecule has 0 N–H and O–H groups in total. The largest absolute Gasteiger partial charge is 0.421 e. The Hall–Kier alpha value is -1.91. The third-order valence-corrected chi connectivity index (χ3v) is 2.57. The van der Waals surface area contributed by atoms with Gasteiger partial charge < -0.3 is 4.42 Å². The van der Waals surface area contributed by atoms with Crippen molar-refractivity contribution >= 4 is 17.0 Å². The molecule has 0 fully saturated rings. The lowest BCUT2D eigenvalue weighted by Crippen LogP contribution is -2.24. The van der Waals surface area contributed by atoms with Crippen LogP contribution in [-0.2, 0) is 4.79 Å². The molecule has 0 bridgehead atoms. The molecular weight excluding hydrogens is 208 g/mol. The fourth-order valence-corrected chi connectivity index (χ4v) is 1.65. The summed E-state index contributed by atoms with van der Waals surface area (Å²) in [5.74, 6) is -0.557. The summed E-state index contributed by atoms with van der Waals surface area (Å²) in [6.07, 6.45) is 1.95. The molecule has 0 spiro atoms. The fourth-order valence-electron chi connectivity index (χ4n) is 1.65. The summed E-state index contributed by atoms with van der Waals surface area (Å²) in [5.41, 5.74) is 0.824. The van der Waals surface area contributed by atoms with Crippen LogP contribution in [0.5, 0.6) is 0 Å². The van der Waals surface area contributed by atoms with Gasteiger partial charge in [-0.25, -0.2) is 14.3 Å². The number of carbonyl (C=O) groups excluding carboxylic acids is 1. The van der Waals surface area contributed by atoms with E-state index in [0.29, 0.717) is 17.7 Å². The van der Waals surface area contributed by atoms with Gasteiger partial charge in [-0.2, -0.15) is 0 Å². The Kier molecular flexibility index (Phi) is 2.60. The SMILES string of the molecule is CCC(=O)C(C)n1c(=O)oc2cccnc21. The molecule has 84 valence electrons. The van der Waals surface area contributed by atoms with Crippen molar-refractivity contribution in [3.8, 4) is 0 Å². The van der Waals surface area contributed by atoms with Crippen LogP contribution >= 0.6 is 0 Å². The van der Waals surface area contributed by atoms with Crippen molar-refractivity contribution in [2.75, 3.05) is 0 Å². The Labute approximate surface area is 91.7 Å². The molecular formula is C11H12N2O3. The zero-order valence-corrected chi connectivity index (χ0v) is 9.14. The Morgan fingerprint density at radius 3 is 3.06 bits per heavy atom. The number of rotatable bonds is 3. The third kappa shape index (κ3) is 1.54. The zero-order chi connectivity index (χ0) is 11.7. The van der Waals surface area contributed by atoms with Crippen LogP contribution in [0.3, 0.4) is 0 Å². The van der Waals surface area contributed by atoms with Crippen LogP contribution in [0.25, 0.3) is 11.2 Å². The number of aromatic nitrogens is 2. The lowest BCUT2D eigenvalue weighted by molar-refractivity contribution is -0.121. The van der Waals surface area contributed by atoms with E-state index in [-0.39, 0.29) is 5.78 Å². The highest BCUT2D eigenvalue weighted by Gasteiger charge is 2.20. The standard InChI is InChI=1S/C11H12N2O3/c1-3-8(14)7(2)13-10-9(16-11(13)15)5-4-6-12-10/h4-7H,3H2,1-2H3. The molecule has 2 aromatic heterocycles. The Bertz CT molecular complexity index is 582. The van der Waals surface area contributed by atoms with Crippen molar-refractivity contribution < 1.29 is 9.21 Å². The van der Waals surface area contributed by atoms with Crippen LogP contribution in [0.15, 0.2) is 27.5 Å². The quantitative estimate of drug-likeness (QED) is 0.786. The number of hydrogen-bond acceptors (Lipinski definition) is 4. The van der Waals surface area contributed by atoms with E-state index in [0.717, 1.165) is 0 Å². The maximum absolute atomic E-state index is 11.6. The van der Waals surface area contributed by atoms with Gasteiger partial charge in [0, 0.05) is 12.6 Å². The van der Waals surface area contributed by atoms with Gasteiger partial charge in [0.1, 0.15) is 0 Å². The molecule has 2 heterocycles. The predicted molar refractivity (Wildman–Crippen MR) is 58.3 cm³/mol. The number of pyridine rings is 1. The molecule has 1 unspecified atom stereocenters. The van der Waals surface area contributed by atoms with Crippen LogP contribution in [0.2, 0.25) is 0 Å². The summed E-state index contributed by atoms with van der Waals surface area (Å²) in [6.45, 7) is 3.44. The van der Waals surface area contributed by atoms with Crippen LogP contribution < -0.4 is 5.76 Å². The van der Waals surface area contributed by atoms with Gasteiger partial charge in [0.05, 0.1) is 6.04 Å². The van der Waals surface area contributed by atoms with Gasteiger partial charge in [0.2, 0.25) is 0 Å². The molecule has 5 nitrogen and oxygen atoms in total. The first-order valence-corrected chi connectivity index (χ1v) is 5.14. The summed E-state index contributed by atoms with van der Waals surface area (Å²) in [6, 6.07) is 2.80. The summed E-state index contributed by atoms with van der Waals surface area (Å²) in [5, 5.41) is 0. The molecule has 0 aromatic carbocycles. The number of Topliss-reactive ketones (excluding diaryl/α,β-unsaturated/α-hetero) is 1. The predicted octanol–water partition coefficient (Wildman–Crippen LogP) is 1.53. The van der Waals surface area contributed by atoms with E-state index in [1.165, 1.54) is 4.57 Å². The maximum atomic E-state index is 11.6. The molecule has 0 amide bonds. The molecule has 0 aliphatic rings. The monoisotopic (exact) mass is 220 g/mol. The second-order valence-electron chi connectivity index (χ2n) is 3.56. The van der Waals surface area contributed by atoms with Crippen molar-refractivity contribution in [3.63, 3.8) is 0 Å². The van der Waals surface area contributed by atoms with Crippen LogP contribution in [0.4, 0.5) is 0 Å². The number of nitrogens with zero attached hydrogens (tertiary/aromatic N) is 2. The van der Waals surface area contributed by atoms with Crippen molar-refractivity contribution in [1.29, 1.82) is 0 Å². The molecule has 0 saturated carbocycles. The van der Waals surface area contributed by atoms with E-state index < -0.39 is 11.8 Å². The van der Waals surface area contributed by atoms with Gasteiger partial charge in [-0.05, 0) is 19.1 Å². The highest BCUT2D eigenvalue weighted by Crippen LogP contribution is 2.15. The highest BCUT2D eigenvalue weighted by atomic mass is 16.4. The molecule has 2 aromatic rings. The Balaban J connectivity index is 2.64. The van der Waals surface area contributed by atoms with Crippen LogP contribution in [0.1, 0.15) is 26.3 Å². The van der Waals surface area contributed by atoms with Crippen LogP contribution in [0, 0.1) is 0 Å². The van der Waals surface area contributed by atoms with Crippen LogP contribution in [-0.4, -0.2) is 15.3 Å². The van der Waals surface area contributed by atoms with Gasteiger partial charge in [-0.1, -0.05) is 6.92 Å². The van der Waals surface area contributed by atoms with E-state index in [1.807, 2.05) is 0 Å². The smallest absolute Gasteiger partial charge is 0.406 e. The Morgan fingerprint density at radius 2 is 2.38 bits per heavy atom. The molecule has 0 saturated heterocycles. The minimum Gasteiger partial charge on any atom is -0.406 e. The van der Waals surface area contributed by atoms with Crippen molar-refractivity contribution in [2.24, 2.45) is 0 Å². The lowest BCUT2D eigenvalue weighted by atomic mass is 10.2. The minimum absolute atomic E-state index is 0.0181. The molecule has 2 rings (SSSR count). The topological polar surface area (TPSA) is 65.1 Å². The van der Waals surface area contributed by atoms with E-state index >= 15 is 0 Å². The molecule has 5 heteroatoms. The fraction of sp³-hybridized carbons (Fsp3) is 0.364. The maximum Gasteiger partial charge on any atom is 0.421 e. The molecule has 1 atom stereocenters. The summed E-state index contributed by atoms with van der Waals surface area (Å²) in [4.78, 5) is 27.2. The van der Waals surface area contributed by atoms with Gasteiger partial charge in [-0.15, -0.1) is 0 Å². The second kappa shape index (κ2) is 3.92. The van der Waals surface area contributed by atoms with E-state index in [1.54, 1.807) is 32.2 Å². The van der Waals surface area contributed by atoms with Gasteiger partial charge >= 0.3 is 5.76 Å². The zero-order valence-electron chi connectivity index (χ0n) is 9.14. The first kappa shape index (κ1) is 10.6. The molecule has 0 radical (unpaired) electrons. The van der Waals surface area contributed by atoms with E-state index in [9.17, 15) is 9.59 Å². The number of fused-ring (bicyclic) bond motifs is 1. The van der Waals surface area contributed by atoms with Gasteiger partial charge in [0.25, 0.3) is 0 Å². The number of oxazole rings is 1. The average Bonchev–Trinajstić information content (AvgIpc) is 2.63. The normalized spacial score (nSPS) is 12.9. The number of ketones is 1. The highest BCUT2D eigenvalue weighted by molar-refractivity contribution is 5.83.